The first-order valence-electron chi connectivity index (χ1n) is 11.3. The van der Waals surface area contributed by atoms with Gasteiger partial charge in [0.1, 0.15) is 23.0 Å². The van der Waals surface area contributed by atoms with Gasteiger partial charge in [-0.1, -0.05) is 23.2 Å². The molecule has 0 spiro atoms. The van der Waals surface area contributed by atoms with Crippen molar-refractivity contribution in [3.63, 3.8) is 0 Å². The number of nitrogens with zero attached hydrogens (tertiary/aromatic N) is 6. The maximum atomic E-state index is 13.4. The quantitative estimate of drug-likeness (QED) is 0.349. The van der Waals surface area contributed by atoms with Crippen LogP contribution in [-0.4, -0.2) is 47.7 Å². The number of nitrogens with one attached hydrogen (secondary N) is 2. The molecule has 186 valence electrons. The molecule has 5 aromatic rings. The normalized spacial score (nSPS) is 14.6. The van der Waals surface area contributed by atoms with Gasteiger partial charge in [-0.3, -0.25) is 9.59 Å². The summed E-state index contributed by atoms with van der Waals surface area (Å²) < 4.78 is 8.85. The number of aromatic nitrogens is 7. The van der Waals surface area contributed by atoms with Crippen molar-refractivity contribution in [2.24, 2.45) is 0 Å². The Labute approximate surface area is 219 Å². The van der Waals surface area contributed by atoms with E-state index in [-0.39, 0.29) is 28.4 Å². The lowest BCUT2D eigenvalue weighted by Gasteiger charge is -2.14. The van der Waals surface area contributed by atoms with Crippen LogP contribution in [0, 0.1) is 0 Å². The highest BCUT2D eigenvalue weighted by Crippen LogP contribution is 2.36. The first kappa shape index (κ1) is 23.2. The number of carbonyl (C=O) groups excluding carboxylic acids is 1. The van der Waals surface area contributed by atoms with Crippen molar-refractivity contribution in [2.45, 2.75) is 18.9 Å². The van der Waals surface area contributed by atoms with E-state index in [1.165, 1.54) is 18.1 Å². The molecule has 1 aromatic carbocycles. The third-order valence-corrected chi connectivity index (χ3v) is 6.79. The molecule has 0 saturated carbocycles. The van der Waals surface area contributed by atoms with E-state index in [0.29, 0.717) is 46.4 Å². The Morgan fingerprint density at radius 2 is 2.05 bits per heavy atom. The van der Waals surface area contributed by atoms with Crippen molar-refractivity contribution in [1.29, 1.82) is 0 Å². The molecule has 1 amide bonds. The number of benzene rings is 1. The highest BCUT2D eigenvalue weighted by atomic mass is 35.5. The van der Waals surface area contributed by atoms with E-state index < -0.39 is 0 Å². The molecular formula is C24H18Cl2N8O3. The summed E-state index contributed by atoms with van der Waals surface area (Å²) in [4.78, 5) is 32.9. The summed E-state index contributed by atoms with van der Waals surface area (Å²) >= 11 is 12.7. The van der Waals surface area contributed by atoms with Crippen LogP contribution in [-0.2, 0) is 6.42 Å². The van der Waals surface area contributed by atoms with Crippen molar-refractivity contribution in [1.82, 2.24) is 40.1 Å². The standard InChI is InChI=1S/C24H18Cl2N8O3/c1-27-24(36)19-7-6-18(37-19)21-22(26)30-23(29-21)17-5-3-14-8-12(9-20(35)34(14)17)15-10-13(25)2-4-16(15)33-11-28-31-32-33/h2,4,6-11,17H,3,5H2,1H3,(H,27,36)(H,29,30)/t17-/m0/s1. The number of pyridine rings is 1. The van der Waals surface area contributed by atoms with Gasteiger partial charge in [0.25, 0.3) is 11.5 Å². The van der Waals surface area contributed by atoms with E-state index in [0.717, 1.165) is 11.3 Å². The lowest BCUT2D eigenvalue weighted by atomic mass is 10.0. The predicted molar refractivity (Wildman–Crippen MR) is 135 cm³/mol. The molecule has 0 bridgehead atoms. The first-order chi connectivity index (χ1) is 17.9. The zero-order valence-electron chi connectivity index (χ0n) is 19.3. The Hall–Kier alpha value is -4.22. The molecule has 6 rings (SSSR count). The number of imidazole rings is 1. The van der Waals surface area contributed by atoms with Gasteiger partial charge in [-0.25, -0.2) is 4.98 Å². The van der Waals surface area contributed by atoms with Crippen molar-refractivity contribution in [3.05, 3.63) is 86.6 Å². The van der Waals surface area contributed by atoms with Gasteiger partial charge < -0.3 is 19.3 Å². The van der Waals surface area contributed by atoms with Gasteiger partial charge in [-0.15, -0.1) is 5.10 Å². The molecule has 1 aliphatic heterocycles. The Morgan fingerprint density at radius 1 is 1.19 bits per heavy atom. The van der Waals surface area contributed by atoms with Crippen LogP contribution in [0.1, 0.15) is 34.5 Å². The van der Waals surface area contributed by atoms with E-state index in [1.807, 2.05) is 6.07 Å². The highest BCUT2D eigenvalue weighted by Gasteiger charge is 2.29. The summed E-state index contributed by atoms with van der Waals surface area (Å²) in [5, 5.41) is 14.7. The summed E-state index contributed by atoms with van der Waals surface area (Å²) in [7, 11) is 1.52. The first-order valence-corrected chi connectivity index (χ1v) is 12.0. The molecule has 13 heteroatoms. The number of fused-ring (bicyclic) bond motifs is 1. The van der Waals surface area contributed by atoms with Crippen molar-refractivity contribution < 1.29 is 9.21 Å². The van der Waals surface area contributed by atoms with Crippen molar-refractivity contribution in [2.75, 3.05) is 7.05 Å². The average molecular weight is 537 g/mol. The fraction of sp³-hybridized carbons (Fsp3) is 0.167. The third kappa shape index (κ3) is 4.02. The molecule has 0 unspecified atom stereocenters. The van der Waals surface area contributed by atoms with Gasteiger partial charge in [0.15, 0.2) is 11.5 Å². The van der Waals surface area contributed by atoms with Crippen LogP contribution in [0.4, 0.5) is 0 Å². The molecule has 5 heterocycles. The molecule has 37 heavy (non-hydrogen) atoms. The Balaban J connectivity index is 1.37. The van der Waals surface area contributed by atoms with Gasteiger partial charge in [-0.2, -0.15) is 4.68 Å². The third-order valence-electron chi connectivity index (χ3n) is 6.28. The molecule has 2 N–H and O–H groups in total. The van der Waals surface area contributed by atoms with E-state index in [2.05, 4.69) is 30.8 Å². The van der Waals surface area contributed by atoms with E-state index in [4.69, 9.17) is 27.6 Å². The van der Waals surface area contributed by atoms with Gasteiger partial charge in [-0.05, 0) is 65.2 Å². The second kappa shape index (κ2) is 9.02. The maximum absolute atomic E-state index is 13.4. The number of aromatic amines is 1. The zero-order valence-corrected chi connectivity index (χ0v) is 20.8. The number of amides is 1. The Morgan fingerprint density at radius 3 is 2.84 bits per heavy atom. The molecule has 1 atom stereocenters. The minimum atomic E-state index is -0.354. The molecule has 0 saturated heterocycles. The van der Waals surface area contributed by atoms with Crippen LogP contribution in [0.2, 0.25) is 10.2 Å². The van der Waals surface area contributed by atoms with Crippen LogP contribution in [0.3, 0.4) is 0 Å². The van der Waals surface area contributed by atoms with Crippen molar-refractivity contribution >= 4 is 29.1 Å². The summed E-state index contributed by atoms with van der Waals surface area (Å²) in [6, 6.07) is 11.7. The number of hydrogen-bond donors (Lipinski definition) is 2. The lowest BCUT2D eigenvalue weighted by molar-refractivity contribution is 0.0936. The van der Waals surface area contributed by atoms with Crippen LogP contribution in [0.25, 0.3) is 28.3 Å². The zero-order chi connectivity index (χ0) is 25.7. The minimum absolute atomic E-state index is 0.148. The van der Waals surface area contributed by atoms with Crippen LogP contribution >= 0.6 is 23.2 Å². The smallest absolute Gasteiger partial charge is 0.286 e. The van der Waals surface area contributed by atoms with Crippen LogP contribution in [0.5, 0.6) is 0 Å². The van der Waals surface area contributed by atoms with E-state index >= 15 is 0 Å². The number of carbonyl (C=O) groups is 1. The number of tetrazole rings is 1. The highest BCUT2D eigenvalue weighted by molar-refractivity contribution is 6.32. The number of hydrogen-bond acceptors (Lipinski definition) is 7. The molecule has 0 fully saturated rings. The Kier molecular flexibility index (Phi) is 5.65. The Bertz CT molecular complexity index is 1700. The van der Waals surface area contributed by atoms with E-state index in [9.17, 15) is 9.59 Å². The largest absolute Gasteiger partial charge is 0.449 e. The van der Waals surface area contributed by atoms with Gasteiger partial charge >= 0.3 is 0 Å². The fourth-order valence-corrected chi connectivity index (χ4v) is 5.03. The van der Waals surface area contributed by atoms with E-state index in [1.54, 1.807) is 41.0 Å². The second-order valence-corrected chi connectivity index (χ2v) is 9.26. The number of H-pyrrole nitrogens is 1. The number of halogens is 2. The number of aryl methyl sites for hydroxylation is 1. The molecule has 4 aromatic heterocycles. The molecule has 0 radical (unpaired) electrons. The fourth-order valence-electron chi connectivity index (χ4n) is 4.62. The van der Waals surface area contributed by atoms with Crippen LogP contribution in [0.15, 0.2) is 58.0 Å². The summed E-state index contributed by atoms with van der Waals surface area (Å²) in [5.41, 5.74) is 3.17. The molecule has 11 nitrogen and oxygen atoms in total. The topological polar surface area (TPSA) is 137 Å². The number of rotatable bonds is 5. The van der Waals surface area contributed by atoms with Crippen molar-refractivity contribution in [3.8, 4) is 28.3 Å². The maximum Gasteiger partial charge on any atom is 0.286 e. The minimum Gasteiger partial charge on any atom is -0.449 e. The predicted octanol–water partition coefficient (Wildman–Crippen LogP) is 3.68. The van der Waals surface area contributed by atoms with Gasteiger partial charge in [0.05, 0.1) is 11.7 Å². The summed E-state index contributed by atoms with van der Waals surface area (Å²) in [5.74, 6) is 0.676. The summed E-state index contributed by atoms with van der Waals surface area (Å²) in [6.45, 7) is 0. The molecular weight excluding hydrogens is 519 g/mol. The SMILES string of the molecule is CNC(=O)c1ccc(-c2nc([C@@H]3CCc4cc(-c5cc(Cl)ccc5-n5cnnn5)cc(=O)n43)[nH]c2Cl)o1. The van der Waals surface area contributed by atoms with Gasteiger partial charge in [0.2, 0.25) is 0 Å². The van der Waals surface area contributed by atoms with Gasteiger partial charge in [0, 0.05) is 29.4 Å². The van der Waals surface area contributed by atoms with Crippen LogP contribution < -0.4 is 10.9 Å². The summed E-state index contributed by atoms with van der Waals surface area (Å²) in [6.07, 6.45) is 2.79. The molecule has 1 aliphatic rings. The average Bonchev–Trinajstić information content (AvgIpc) is 3.69. The second-order valence-electron chi connectivity index (χ2n) is 8.44. The number of furan rings is 1. The molecule has 0 aliphatic carbocycles. The monoisotopic (exact) mass is 536 g/mol. The lowest BCUT2D eigenvalue weighted by Crippen LogP contribution is -2.24.